The van der Waals surface area contributed by atoms with Gasteiger partial charge in [-0.25, -0.2) is 0 Å². The smallest absolute Gasteiger partial charge is 0.307 e. The van der Waals surface area contributed by atoms with Crippen LogP contribution in [0.3, 0.4) is 0 Å². The fraction of sp³-hybridized carbons (Fsp3) is 0.200. The number of methoxy groups -OCH3 is 1. The third kappa shape index (κ3) is 3.78. The summed E-state index contributed by atoms with van der Waals surface area (Å²) in [5.41, 5.74) is 0.322. The Morgan fingerprint density at radius 3 is 2.59 bits per heavy atom. The molecule has 2 aromatic rings. The van der Waals surface area contributed by atoms with Gasteiger partial charge in [-0.15, -0.1) is 0 Å². The number of rotatable bonds is 5. The number of aromatic nitrogens is 2. The van der Waals surface area contributed by atoms with Crippen molar-refractivity contribution in [2.45, 2.75) is 6.42 Å². The number of hydrogen-bond donors (Lipinski definition) is 1. The molecule has 1 heterocycles. The van der Waals surface area contributed by atoms with Crippen molar-refractivity contribution in [2.75, 3.05) is 13.7 Å². The van der Waals surface area contributed by atoms with Gasteiger partial charge in [0.2, 0.25) is 0 Å². The van der Waals surface area contributed by atoms with Crippen molar-refractivity contribution in [2.24, 2.45) is 0 Å². The van der Waals surface area contributed by atoms with E-state index in [9.17, 15) is 14.4 Å². The van der Waals surface area contributed by atoms with Crippen molar-refractivity contribution >= 4 is 11.9 Å². The number of para-hydroxylation sites is 1. The number of carbonyl (C=O) groups is 2. The standard InChI is InChI=1S/C15H15N3O4/c1-22-14(20)9-10-16-15(21)12-7-8-13(19)18(17-12)11-5-3-2-4-6-11/h2-8H,9-10H2,1H3,(H,16,21). The minimum atomic E-state index is -0.464. The minimum absolute atomic E-state index is 0.0700. The molecule has 114 valence electrons. The summed E-state index contributed by atoms with van der Waals surface area (Å²) < 4.78 is 5.63. The second-order valence-corrected chi connectivity index (χ2v) is 4.39. The summed E-state index contributed by atoms with van der Waals surface area (Å²) in [6, 6.07) is 11.4. The van der Waals surface area contributed by atoms with Crippen LogP contribution in [0.4, 0.5) is 0 Å². The number of hydrogen-bond acceptors (Lipinski definition) is 5. The zero-order chi connectivity index (χ0) is 15.9. The molecule has 7 heteroatoms. The molecule has 1 amide bonds. The average molecular weight is 301 g/mol. The van der Waals surface area contributed by atoms with Crippen LogP contribution in [0.2, 0.25) is 0 Å². The third-order valence-corrected chi connectivity index (χ3v) is 2.88. The first-order valence-corrected chi connectivity index (χ1v) is 6.62. The predicted molar refractivity (Wildman–Crippen MR) is 78.8 cm³/mol. The maximum absolute atomic E-state index is 12.0. The molecule has 0 atom stereocenters. The molecule has 1 N–H and O–H groups in total. The van der Waals surface area contributed by atoms with Gasteiger partial charge in [0.05, 0.1) is 19.2 Å². The van der Waals surface area contributed by atoms with E-state index in [0.717, 1.165) is 4.68 Å². The van der Waals surface area contributed by atoms with Crippen molar-refractivity contribution in [3.05, 3.63) is 58.5 Å². The van der Waals surface area contributed by atoms with E-state index in [0.29, 0.717) is 5.69 Å². The topological polar surface area (TPSA) is 90.3 Å². The van der Waals surface area contributed by atoms with Gasteiger partial charge in [0.25, 0.3) is 11.5 Å². The predicted octanol–water partition coefficient (Wildman–Crippen LogP) is 0.525. The highest BCUT2D eigenvalue weighted by molar-refractivity contribution is 5.92. The summed E-state index contributed by atoms with van der Waals surface area (Å²) in [5, 5.41) is 6.58. The fourth-order valence-electron chi connectivity index (χ4n) is 1.76. The van der Waals surface area contributed by atoms with E-state index in [2.05, 4.69) is 15.2 Å². The lowest BCUT2D eigenvalue weighted by Gasteiger charge is -2.07. The zero-order valence-electron chi connectivity index (χ0n) is 12.0. The molecule has 0 bridgehead atoms. The molecular weight excluding hydrogens is 286 g/mol. The largest absolute Gasteiger partial charge is 0.469 e. The molecule has 0 spiro atoms. The van der Waals surface area contributed by atoms with Crippen LogP contribution >= 0.6 is 0 Å². The number of nitrogens with zero attached hydrogens (tertiary/aromatic N) is 2. The second kappa shape index (κ2) is 7.16. The van der Waals surface area contributed by atoms with E-state index in [1.807, 2.05) is 6.07 Å². The van der Waals surface area contributed by atoms with Crippen LogP contribution in [0.5, 0.6) is 0 Å². The fourth-order valence-corrected chi connectivity index (χ4v) is 1.76. The Morgan fingerprint density at radius 1 is 1.18 bits per heavy atom. The van der Waals surface area contributed by atoms with Crippen molar-refractivity contribution < 1.29 is 14.3 Å². The van der Waals surface area contributed by atoms with Crippen molar-refractivity contribution in [3.63, 3.8) is 0 Å². The normalized spacial score (nSPS) is 10.0. The van der Waals surface area contributed by atoms with Crippen LogP contribution in [0, 0.1) is 0 Å². The minimum Gasteiger partial charge on any atom is -0.469 e. The molecule has 0 aliphatic heterocycles. The van der Waals surface area contributed by atoms with Gasteiger partial charge in [-0.05, 0) is 18.2 Å². The summed E-state index contributed by atoms with van der Waals surface area (Å²) in [6.45, 7) is 0.137. The number of ether oxygens (including phenoxy) is 1. The summed E-state index contributed by atoms with van der Waals surface area (Å²) in [4.78, 5) is 34.8. The molecule has 1 aromatic heterocycles. The first-order chi connectivity index (χ1) is 10.6. The lowest BCUT2D eigenvalue weighted by Crippen LogP contribution is -2.30. The van der Waals surface area contributed by atoms with Crippen LogP contribution in [0.25, 0.3) is 5.69 Å². The summed E-state index contributed by atoms with van der Waals surface area (Å²) >= 11 is 0. The monoisotopic (exact) mass is 301 g/mol. The highest BCUT2D eigenvalue weighted by Crippen LogP contribution is 2.02. The maximum atomic E-state index is 12.0. The molecule has 0 saturated carbocycles. The van der Waals surface area contributed by atoms with E-state index in [1.165, 1.54) is 19.2 Å². The molecule has 0 aliphatic rings. The number of esters is 1. The van der Waals surface area contributed by atoms with Gasteiger partial charge >= 0.3 is 5.97 Å². The van der Waals surface area contributed by atoms with Crippen LogP contribution in [-0.2, 0) is 9.53 Å². The Labute approximate surface area is 126 Å². The van der Waals surface area contributed by atoms with Crippen molar-refractivity contribution in [3.8, 4) is 5.69 Å². The van der Waals surface area contributed by atoms with Crippen molar-refractivity contribution in [1.29, 1.82) is 0 Å². The van der Waals surface area contributed by atoms with E-state index < -0.39 is 11.9 Å². The lowest BCUT2D eigenvalue weighted by atomic mass is 10.3. The molecule has 0 fully saturated rings. The first-order valence-electron chi connectivity index (χ1n) is 6.62. The molecule has 1 aromatic carbocycles. The molecule has 0 aliphatic carbocycles. The summed E-state index contributed by atoms with van der Waals surface area (Å²) in [7, 11) is 1.28. The third-order valence-electron chi connectivity index (χ3n) is 2.88. The van der Waals surface area contributed by atoms with Gasteiger partial charge in [0.1, 0.15) is 5.69 Å². The van der Waals surface area contributed by atoms with Crippen LogP contribution in [0.15, 0.2) is 47.3 Å². The molecule has 0 unspecified atom stereocenters. The summed E-state index contributed by atoms with van der Waals surface area (Å²) in [6.07, 6.45) is 0.0700. The zero-order valence-corrected chi connectivity index (χ0v) is 12.0. The average Bonchev–Trinajstić information content (AvgIpc) is 2.55. The maximum Gasteiger partial charge on any atom is 0.307 e. The van der Waals surface area contributed by atoms with E-state index >= 15 is 0 Å². The number of nitrogens with one attached hydrogen (secondary N) is 1. The molecule has 0 saturated heterocycles. The van der Waals surface area contributed by atoms with E-state index in [-0.39, 0.29) is 24.2 Å². The Kier molecular flexibility index (Phi) is 5.02. The Hall–Kier alpha value is -2.96. The van der Waals surface area contributed by atoms with Gasteiger partial charge < -0.3 is 10.1 Å². The van der Waals surface area contributed by atoms with Crippen molar-refractivity contribution in [1.82, 2.24) is 15.1 Å². The molecule has 0 radical (unpaired) electrons. The van der Waals surface area contributed by atoms with Crippen LogP contribution < -0.4 is 10.9 Å². The van der Waals surface area contributed by atoms with Crippen LogP contribution in [0.1, 0.15) is 16.9 Å². The summed E-state index contributed by atoms with van der Waals surface area (Å²) in [5.74, 6) is -0.879. The number of amides is 1. The second-order valence-electron chi connectivity index (χ2n) is 4.39. The lowest BCUT2D eigenvalue weighted by molar-refractivity contribution is -0.140. The van der Waals surface area contributed by atoms with Gasteiger partial charge in [-0.2, -0.15) is 9.78 Å². The Bertz CT molecular complexity index is 725. The molecule has 22 heavy (non-hydrogen) atoms. The molecule has 7 nitrogen and oxygen atoms in total. The number of carbonyl (C=O) groups excluding carboxylic acids is 2. The Balaban J connectivity index is 2.14. The molecule has 2 rings (SSSR count). The SMILES string of the molecule is COC(=O)CCNC(=O)c1ccc(=O)n(-c2ccccc2)n1. The van der Waals surface area contributed by atoms with Gasteiger partial charge in [0.15, 0.2) is 0 Å². The van der Waals surface area contributed by atoms with E-state index in [4.69, 9.17) is 0 Å². The highest BCUT2D eigenvalue weighted by Gasteiger charge is 2.11. The first kappa shape index (κ1) is 15.4. The van der Waals surface area contributed by atoms with Gasteiger partial charge in [0, 0.05) is 12.6 Å². The van der Waals surface area contributed by atoms with Crippen LogP contribution in [-0.4, -0.2) is 35.3 Å². The highest BCUT2D eigenvalue weighted by atomic mass is 16.5. The quantitative estimate of drug-likeness (QED) is 0.813. The number of benzene rings is 1. The van der Waals surface area contributed by atoms with E-state index in [1.54, 1.807) is 24.3 Å². The van der Waals surface area contributed by atoms with Gasteiger partial charge in [-0.3, -0.25) is 14.4 Å². The van der Waals surface area contributed by atoms with Gasteiger partial charge in [-0.1, -0.05) is 18.2 Å². The Morgan fingerprint density at radius 2 is 1.91 bits per heavy atom. The molecular formula is C15H15N3O4.